The number of thiophene rings is 1. The van der Waals surface area contributed by atoms with Gasteiger partial charge in [0.05, 0.1) is 36.8 Å². The lowest BCUT2D eigenvalue weighted by molar-refractivity contribution is 0.0186. The highest BCUT2D eigenvalue weighted by Crippen LogP contribution is 2.26. The second-order valence-corrected chi connectivity index (χ2v) is 8.26. The van der Waals surface area contributed by atoms with E-state index in [4.69, 9.17) is 9.73 Å². The molecule has 8 heteroatoms. The summed E-state index contributed by atoms with van der Waals surface area (Å²) in [5.41, 5.74) is 2.09. The van der Waals surface area contributed by atoms with E-state index in [1.165, 1.54) is 4.88 Å². The van der Waals surface area contributed by atoms with E-state index in [9.17, 15) is 0 Å². The predicted octanol–water partition coefficient (Wildman–Crippen LogP) is 2.80. The van der Waals surface area contributed by atoms with E-state index in [0.29, 0.717) is 6.04 Å². The highest BCUT2D eigenvalue weighted by Gasteiger charge is 2.23. The lowest BCUT2D eigenvalue weighted by atomic mass is 10.2. The molecule has 1 aliphatic rings. The molecule has 1 unspecified atom stereocenters. The minimum atomic E-state index is 0.291. The molecule has 1 aliphatic heterocycles. The third-order valence-electron chi connectivity index (χ3n) is 5.22. The van der Waals surface area contributed by atoms with Crippen molar-refractivity contribution in [2.24, 2.45) is 4.99 Å². The maximum atomic E-state index is 5.54. The molecular formula is C22H30N6OS. The van der Waals surface area contributed by atoms with Crippen LogP contribution in [0, 0.1) is 0 Å². The Morgan fingerprint density at radius 1 is 1.23 bits per heavy atom. The van der Waals surface area contributed by atoms with Gasteiger partial charge in [-0.15, -0.1) is 11.3 Å². The summed E-state index contributed by atoms with van der Waals surface area (Å²) in [4.78, 5) is 16.8. The number of nitrogens with one attached hydrogen (secondary N) is 3. The molecule has 160 valence electrons. The van der Waals surface area contributed by atoms with Gasteiger partial charge in [-0.2, -0.15) is 0 Å². The monoisotopic (exact) mass is 426 g/mol. The van der Waals surface area contributed by atoms with Crippen LogP contribution in [-0.4, -0.2) is 66.8 Å². The summed E-state index contributed by atoms with van der Waals surface area (Å²) in [7, 11) is 0. The van der Waals surface area contributed by atoms with Crippen molar-refractivity contribution >= 4 is 28.3 Å². The molecule has 0 aliphatic carbocycles. The fourth-order valence-corrected chi connectivity index (χ4v) is 4.55. The molecule has 2 aromatic heterocycles. The van der Waals surface area contributed by atoms with Crippen molar-refractivity contribution in [3.63, 3.8) is 0 Å². The largest absolute Gasteiger partial charge is 0.379 e. The number of benzene rings is 1. The molecule has 3 heterocycles. The summed E-state index contributed by atoms with van der Waals surface area (Å²) in [6.45, 7) is 7.91. The van der Waals surface area contributed by atoms with E-state index in [-0.39, 0.29) is 0 Å². The highest BCUT2D eigenvalue weighted by molar-refractivity contribution is 7.10. The first kappa shape index (κ1) is 20.8. The smallest absolute Gasteiger partial charge is 0.191 e. The van der Waals surface area contributed by atoms with Crippen LogP contribution in [0.2, 0.25) is 0 Å². The number of morpholine rings is 1. The Hall–Kier alpha value is -2.42. The van der Waals surface area contributed by atoms with Gasteiger partial charge in [-0.05, 0) is 30.5 Å². The summed E-state index contributed by atoms with van der Waals surface area (Å²) in [6.07, 6.45) is 0.816. The summed E-state index contributed by atoms with van der Waals surface area (Å²) in [6, 6.07) is 12.7. The molecule has 0 amide bonds. The zero-order chi connectivity index (χ0) is 20.6. The number of imidazole rings is 1. The molecular weight excluding hydrogens is 396 g/mol. The fraction of sp³-hybridized carbons (Fsp3) is 0.455. The van der Waals surface area contributed by atoms with Crippen molar-refractivity contribution < 1.29 is 4.74 Å². The molecule has 3 N–H and O–H groups in total. The van der Waals surface area contributed by atoms with Gasteiger partial charge in [-0.1, -0.05) is 18.2 Å². The zero-order valence-corrected chi connectivity index (χ0v) is 18.3. The number of ether oxygens (including phenoxy) is 1. The van der Waals surface area contributed by atoms with Crippen LogP contribution in [0.25, 0.3) is 11.0 Å². The van der Waals surface area contributed by atoms with Gasteiger partial charge in [-0.25, -0.2) is 4.98 Å². The maximum absolute atomic E-state index is 5.54. The third-order valence-corrected chi connectivity index (χ3v) is 6.19. The van der Waals surface area contributed by atoms with E-state index < -0.39 is 0 Å². The van der Waals surface area contributed by atoms with Crippen LogP contribution in [0.3, 0.4) is 0 Å². The Morgan fingerprint density at radius 2 is 2.10 bits per heavy atom. The fourth-order valence-electron chi connectivity index (χ4n) is 3.70. The highest BCUT2D eigenvalue weighted by atomic mass is 32.1. The van der Waals surface area contributed by atoms with Gasteiger partial charge in [0, 0.05) is 37.5 Å². The van der Waals surface area contributed by atoms with Gasteiger partial charge in [-0.3, -0.25) is 9.89 Å². The number of aliphatic imine (C=N–C) groups is 1. The summed E-state index contributed by atoms with van der Waals surface area (Å²) >= 11 is 1.80. The number of nitrogens with zero attached hydrogens (tertiary/aromatic N) is 3. The number of guanidine groups is 1. The zero-order valence-electron chi connectivity index (χ0n) is 17.4. The Morgan fingerprint density at radius 3 is 2.87 bits per heavy atom. The Bertz CT molecular complexity index is 899. The first-order chi connectivity index (χ1) is 14.8. The number of hydrogen-bond acceptors (Lipinski definition) is 5. The number of para-hydroxylation sites is 2. The van der Waals surface area contributed by atoms with Crippen LogP contribution in [0.15, 0.2) is 46.8 Å². The van der Waals surface area contributed by atoms with Crippen molar-refractivity contribution in [1.29, 1.82) is 0 Å². The molecule has 30 heavy (non-hydrogen) atoms. The maximum Gasteiger partial charge on any atom is 0.191 e. The van der Waals surface area contributed by atoms with E-state index in [1.54, 1.807) is 11.3 Å². The second kappa shape index (κ2) is 10.6. The third kappa shape index (κ3) is 5.38. The van der Waals surface area contributed by atoms with E-state index in [2.05, 4.69) is 56.0 Å². The number of rotatable bonds is 8. The summed E-state index contributed by atoms with van der Waals surface area (Å²) in [5.74, 6) is 1.84. The number of fused-ring (bicyclic) bond motifs is 1. The average Bonchev–Trinajstić information content (AvgIpc) is 3.44. The quantitative estimate of drug-likeness (QED) is 0.381. The standard InChI is InChI=1S/C22H30N6OS/c1-2-23-22(24-10-9-21-26-17-6-3-4-7-18(17)27-21)25-16-19(20-8-5-15-30-20)28-11-13-29-14-12-28/h3-8,15,19H,2,9-14,16H2,1H3,(H,26,27)(H2,23,24,25). The van der Waals surface area contributed by atoms with Crippen LogP contribution in [0.4, 0.5) is 0 Å². The topological polar surface area (TPSA) is 77.6 Å². The molecule has 0 bridgehead atoms. The minimum Gasteiger partial charge on any atom is -0.379 e. The van der Waals surface area contributed by atoms with Crippen LogP contribution in [-0.2, 0) is 11.2 Å². The van der Waals surface area contributed by atoms with Gasteiger partial charge >= 0.3 is 0 Å². The van der Waals surface area contributed by atoms with Crippen molar-refractivity contribution in [3.05, 3.63) is 52.5 Å². The van der Waals surface area contributed by atoms with Gasteiger partial charge in [0.15, 0.2) is 5.96 Å². The van der Waals surface area contributed by atoms with Crippen LogP contribution >= 0.6 is 11.3 Å². The molecule has 1 fully saturated rings. The van der Waals surface area contributed by atoms with Crippen LogP contribution in [0.5, 0.6) is 0 Å². The SMILES string of the molecule is CCNC(=NCC(c1cccs1)N1CCOCC1)NCCc1nc2ccccc2[nH]1. The Balaban J connectivity index is 1.37. The summed E-state index contributed by atoms with van der Waals surface area (Å²) < 4.78 is 5.54. The lowest BCUT2D eigenvalue weighted by Crippen LogP contribution is -2.42. The van der Waals surface area contributed by atoms with Gasteiger partial charge in [0.1, 0.15) is 5.82 Å². The molecule has 3 aromatic rings. The first-order valence-corrected chi connectivity index (χ1v) is 11.5. The molecule has 7 nitrogen and oxygen atoms in total. The average molecular weight is 427 g/mol. The van der Waals surface area contributed by atoms with Crippen LogP contribution < -0.4 is 10.6 Å². The van der Waals surface area contributed by atoms with Crippen molar-refractivity contribution in [3.8, 4) is 0 Å². The minimum absolute atomic E-state index is 0.291. The van der Waals surface area contributed by atoms with Gasteiger partial charge in [0.25, 0.3) is 0 Å². The molecule has 0 radical (unpaired) electrons. The molecule has 1 saturated heterocycles. The second-order valence-electron chi connectivity index (χ2n) is 7.28. The Labute approximate surface area is 181 Å². The number of hydrogen-bond donors (Lipinski definition) is 3. The van der Waals surface area contributed by atoms with Crippen molar-refractivity contribution in [2.75, 3.05) is 45.9 Å². The summed E-state index contributed by atoms with van der Waals surface area (Å²) in [5, 5.41) is 8.97. The molecule has 0 spiro atoms. The normalized spacial score (nSPS) is 16.6. The molecule has 4 rings (SSSR count). The molecule has 1 atom stereocenters. The molecule has 1 aromatic carbocycles. The first-order valence-electron chi connectivity index (χ1n) is 10.6. The van der Waals surface area contributed by atoms with Gasteiger partial charge < -0.3 is 20.4 Å². The lowest BCUT2D eigenvalue weighted by Gasteiger charge is -2.33. The van der Waals surface area contributed by atoms with E-state index in [0.717, 1.165) is 75.2 Å². The number of aromatic amines is 1. The molecule has 0 saturated carbocycles. The van der Waals surface area contributed by atoms with Crippen molar-refractivity contribution in [1.82, 2.24) is 25.5 Å². The Kier molecular flexibility index (Phi) is 7.34. The number of aromatic nitrogens is 2. The van der Waals surface area contributed by atoms with E-state index >= 15 is 0 Å². The van der Waals surface area contributed by atoms with Gasteiger partial charge in [0.2, 0.25) is 0 Å². The number of H-pyrrole nitrogens is 1. The van der Waals surface area contributed by atoms with E-state index in [1.807, 2.05) is 18.2 Å². The van der Waals surface area contributed by atoms with Crippen molar-refractivity contribution in [2.45, 2.75) is 19.4 Å². The van der Waals surface area contributed by atoms with Crippen LogP contribution in [0.1, 0.15) is 23.7 Å². The predicted molar refractivity (Wildman–Crippen MR) is 123 cm³/mol.